The summed E-state index contributed by atoms with van der Waals surface area (Å²) in [7, 11) is 0. The zero-order chi connectivity index (χ0) is 15.5. The molecule has 0 aliphatic carbocycles. The summed E-state index contributed by atoms with van der Waals surface area (Å²) in [6, 6.07) is 11.6. The van der Waals surface area contributed by atoms with E-state index in [-0.39, 0.29) is 18.1 Å². The monoisotopic (exact) mass is 299 g/mol. The molecule has 0 spiro atoms. The van der Waals surface area contributed by atoms with E-state index in [9.17, 15) is 9.59 Å². The summed E-state index contributed by atoms with van der Waals surface area (Å²) in [6.45, 7) is 0.316. The minimum atomic E-state index is -0.960. The molecule has 3 rings (SSSR count). The van der Waals surface area contributed by atoms with E-state index in [1.807, 2.05) is 0 Å². The number of nitrogens with one attached hydrogen (secondary N) is 1. The molecule has 6 heteroatoms. The number of carbonyl (C=O) groups excluding carboxylic acids is 1. The number of hydrogen-bond donors (Lipinski definition) is 2. The van der Waals surface area contributed by atoms with Crippen molar-refractivity contribution in [1.29, 1.82) is 0 Å². The van der Waals surface area contributed by atoms with Gasteiger partial charge in [0.1, 0.15) is 18.1 Å². The van der Waals surface area contributed by atoms with Gasteiger partial charge in [-0.2, -0.15) is 0 Å². The predicted molar refractivity (Wildman–Crippen MR) is 78.3 cm³/mol. The molecule has 22 heavy (non-hydrogen) atoms. The number of anilines is 1. The van der Waals surface area contributed by atoms with Crippen molar-refractivity contribution in [3.8, 4) is 11.5 Å². The minimum absolute atomic E-state index is 0.0170. The molecule has 1 aliphatic heterocycles. The molecule has 1 amide bonds. The quantitative estimate of drug-likeness (QED) is 0.904. The second kappa shape index (κ2) is 5.77. The SMILES string of the molecule is O=C1COc2ccc(OCc3ccc(C(=O)O)cc3)cc2N1. The summed E-state index contributed by atoms with van der Waals surface area (Å²) in [4.78, 5) is 22.1. The highest BCUT2D eigenvalue weighted by atomic mass is 16.5. The second-order valence-corrected chi connectivity index (χ2v) is 4.79. The predicted octanol–water partition coefficient (Wildman–Crippen LogP) is 2.29. The number of carbonyl (C=O) groups is 2. The Labute approximate surface area is 126 Å². The zero-order valence-corrected chi connectivity index (χ0v) is 11.5. The average molecular weight is 299 g/mol. The molecule has 0 saturated carbocycles. The van der Waals surface area contributed by atoms with E-state index in [4.69, 9.17) is 14.6 Å². The summed E-state index contributed by atoms with van der Waals surface area (Å²) in [5.41, 5.74) is 1.66. The summed E-state index contributed by atoms with van der Waals surface area (Å²) < 4.78 is 10.9. The van der Waals surface area contributed by atoms with Crippen LogP contribution in [0.3, 0.4) is 0 Å². The Bertz CT molecular complexity index is 724. The van der Waals surface area contributed by atoms with E-state index < -0.39 is 5.97 Å². The van der Waals surface area contributed by atoms with Crippen molar-refractivity contribution in [2.45, 2.75) is 6.61 Å². The Morgan fingerprint density at radius 3 is 2.73 bits per heavy atom. The van der Waals surface area contributed by atoms with Crippen LogP contribution in [0.15, 0.2) is 42.5 Å². The molecule has 0 aromatic heterocycles. The molecular formula is C16H13NO5. The molecule has 0 radical (unpaired) electrons. The van der Waals surface area contributed by atoms with Gasteiger partial charge in [0.05, 0.1) is 11.3 Å². The molecule has 0 unspecified atom stereocenters. The second-order valence-electron chi connectivity index (χ2n) is 4.79. The Kier molecular flexibility index (Phi) is 3.65. The van der Waals surface area contributed by atoms with Crippen molar-refractivity contribution in [2.24, 2.45) is 0 Å². The van der Waals surface area contributed by atoms with Gasteiger partial charge in [-0.3, -0.25) is 4.79 Å². The smallest absolute Gasteiger partial charge is 0.335 e. The van der Waals surface area contributed by atoms with E-state index in [1.54, 1.807) is 30.3 Å². The van der Waals surface area contributed by atoms with E-state index in [2.05, 4.69) is 5.32 Å². The topological polar surface area (TPSA) is 84.9 Å². The third-order valence-electron chi connectivity index (χ3n) is 3.19. The molecule has 2 aromatic carbocycles. The number of benzene rings is 2. The van der Waals surface area contributed by atoms with Gasteiger partial charge < -0.3 is 19.9 Å². The molecular weight excluding hydrogens is 286 g/mol. The maximum atomic E-state index is 11.3. The van der Waals surface area contributed by atoms with E-state index in [0.717, 1.165) is 5.56 Å². The fourth-order valence-electron chi connectivity index (χ4n) is 2.06. The first kappa shape index (κ1) is 13.9. The first-order valence-electron chi connectivity index (χ1n) is 6.63. The van der Waals surface area contributed by atoms with Crippen LogP contribution < -0.4 is 14.8 Å². The molecule has 1 heterocycles. The van der Waals surface area contributed by atoms with Crippen LogP contribution in [-0.2, 0) is 11.4 Å². The number of fused-ring (bicyclic) bond motifs is 1. The summed E-state index contributed by atoms with van der Waals surface area (Å²) in [5, 5.41) is 11.5. The minimum Gasteiger partial charge on any atom is -0.489 e. The van der Waals surface area contributed by atoms with E-state index in [0.29, 0.717) is 23.8 Å². The molecule has 2 N–H and O–H groups in total. The lowest BCUT2D eigenvalue weighted by molar-refractivity contribution is -0.118. The molecule has 0 fully saturated rings. The first-order chi connectivity index (χ1) is 10.6. The number of carboxylic acids is 1. The number of aromatic carboxylic acids is 1. The molecule has 0 saturated heterocycles. The van der Waals surface area contributed by atoms with Crippen molar-refractivity contribution in [2.75, 3.05) is 11.9 Å². The van der Waals surface area contributed by atoms with Gasteiger partial charge in [0.25, 0.3) is 5.91 Å². The lowest BCUT2D eigenvalue weighted by Crippen LogP contribution is -2.25. The first-order valence-corrected chi connectivity index (χ1v) is 6.63. The molecule has 2 aromatic rings. The largest absolute Gasteiger partial charge is 0.489 e. The highest BCUT2D eigenvalue weighted by Gasteiger charge is 2.16. The van der Waals surface area contributed by atoms with Crippen LogP contribution in [0.5, 0.6) is 11.5 Å². The molecule has 1 aliphatic rings. The highest BCUT2D eigenvalue weighted by Crippen LogP contribution is 2.31. The molecule has 0 bridgehead atoms. The highest BCUT2D eigenvalue weighted by molar-refractivity contribution is 5.95. The maximum absolute atomic E-state index is 11.3. The number of hydrogen-bond acceptors (Lipinski definition) is 4. The molecule has 6 nitrogen and oxygen atoms in total. The van der Waals surface area contributed by atoms with Crippen molar-refractivity contribution in [3.63, 3.8) is 0 Å². The van der Waals surface area contributed by atoms with Crippen LogP contribution in [0.25, 0.3) is 0 Å². The van der Waals surface area contributed by atoms with Gasteiger partial charge in [-0.15, -0.1) is 0 Å². The van der Waals surface area contributed by atoms with Crippen LogP contribution in [0.4, 0.5) is 5.69 Å². The lowest BCUT2D eigenvalue weighted by Gasteiger charge is -2.18. The van der Waals surface area contributed by atoms with Crippen LogP contribution in [-0.4, -0.2) is 23.6 Å². The van der Waals surface area contributed by atoms with Gasteiger partial charge in [-0.25, -0.2) is 4.79 Å². The Morgan fingerprint density at radius 2 is 2.00 bits per heavy atom. The standard InChI is InChI=1S/C16H13NO5/c18-15-9-22-14-6-5-12(7-13(14)17-15)21-8-10-1-3-11(4-2-10)16(19)20/h1-7H,8-9H2,(H,17,18)(H,19,20). The van der Waals surface area contributed by atoms with E-state index >= 15 is 0 Å². The molecule has 0 atom stereocenters. The number of rotatable bonds is 4. The van der Waals surface area contributed by atoms with Gasteiger partial charge in [0, 0.05) is 6.07 Å². The Balaban J connectivity index is 1.67. The number of carboxylic acid groups (broad SMARTS) is 1. The van der Waals surface area contributed by atoms with Gasteiger partial charge in [0.15, 0.2) is 6.61 Å². The average Bonchev–Trinajstić information content (AvgIpc) is 2.53. The fourth-order valence-corrected chi connectivity index (χ4v) is 2.06. The maximum Gasteiger partial charge on any atom is 0.335 e. The van der Waals surface area contributed by atoms with E-state index in [1.165, 1.54) is 12.1 Å². The Hall–Kier alpha value is -3.02. The van der Waals surface area contributed by atoms with Gasteiger partial charge >= 0.3 is 5.97 Å². The van der Waals surface area contributed by atoms with Gasteiger partial charge in [-0.1, -0.05) is 12.1 Å². The third kappa shape index (κ3) is 3.01. The fraction of sp³-hybridized carbons (Fsp3) is 0.125. The summed E-state index contributed by atoms with van der Waals surface area (Å²) >= 11 is 0. The number of amides is 1. The Morgan fingerprint density at radius 1 is 1.23 bits per heavy atom. The van der Waals surface area contributed by atoms with Crippen molar-refractivity contribution in [3.05, 3.63) is 53.6 Å². The lowest BCUT2D eigenvalue weighted by atomic mass is 10.1. The van der Waals surface area contributed by atoms with Crippen LogP contribution in [0.1, 0.15) is 15.9 Å². The van der Waals surface area contributed by atoms with Crippen LogP contribution in [0, 0.1) is 0 Å². The van der Waals surface area contributed by atoms with Gasteiger partial charge in [-0.05, 0) is 29.8 Å². The van der Waals surface area contributed by atoms with Crippen LogP contribution in [0.2, 0.25) is 0 Å². The molecule has 112 valence electrons. The zero-order valence-electron chi connectivity index (χ0n) is 11.5. The van der Waals surface area contributed by atoms with Crippen molar-refractivity contribution >= 4 is 17.6 Å². The van der Waals surface area contributed by atoms with Gasteiger partial charge in [0.2, 0.25) is 0 Å². The van der Waals surface area contributed by atoms with Crippen molar-refractivity contribution in [1.82, 2.24) is 0 Å². The third-order valence-corrected chi connectivity index (χ3v) is 3.19. The normalized spacial score (nSPS) is 12.8. The summed E-state index contributed by atoms with van der Waals surface area (Å²) in [5.74, 6) is 0.0384. The van der Waals surface area contributed by atoms with Crippen LogP contribution >= 0.6 is 0 Å². The number of ether oxygens (including phenoxy) is 2. The van der Waals surface area contributed by atoms with Crippen molar-refractivity contribution < 1.29 is 24.2 Å². The summed E-state index contributed by atoms with van der Waals surface area (Å²) in [6.07, 6.45) is 0.